The molecule has 2 fully saturated rings. The van der Waals surface area contributed by atoms with Crippen molar-refractivity contribution in [3.63, 3.8) is 0 Å². The van der Waals surface area contributed by atoms with Crippen LogP contribution in [0.3, 0.4) is 0 Å². The number of anilines is 2. The molecule has 0 aliphatic carbocycles. The first-order valence-electron chi connectivity index (χ1n) is 8.16. The molecule has 3 rings (SSSR count). The number of cyclic esters (lactones) is 1. The second kappa shape index (κ2) is 7.69. The maximum atomic E-state index is 14.6. The molecule has 1 amide bonds. The molecular formula is C16H18FN3O4S2. The van der Waals surface area contributed by atoms with Crippen LogP contribution in [0.2, 0.25) is 0 Å². The second-order valence-electron chi connectivity index (χ2n) is 6.18. The van der Waals surface area contributed by atoms with Gasteiger partial charge in [0.1, 0.15) is 11.9 Å². The zero-order valence-electron chi connectivity index (χ0n) is 13.9. The number of carbonyl (C=O) groups excluding carboxylic acids is 1. The first kappa shape index (κ1) is 18.8. The molecule has 26 heavy (non-hydrogen) atoms. The van der Waals surface area contributed by atoms with E-state index in [1.54, 1.807) is 17.0 Å². The maximum absolute atomic E-state index is 14.6. The van der Waals surface area contributed by atoms with Crippen molar-refractivity contribution < 1.29 is 22.3 Å². The Labute approximate surface area is 156 Å². The number of isothiocyanates is 1. The third-order valence-electron chi connectivity index (χ3n) is 4.37. The van der Waals surface area contributed by atoms with Crippen molar-refractivity contribution in [1.82, 2.24) is 0 Å². The monoisotopic (exact) mass is 399 g/mol. The van der Waals surface area contributed by atoms with Gasteiger partial charge >= 0.3 is 6.09 Å². The minimum atomic E-state index is -3.07. The fourth-order valence-corrected chi connectivity index (χ4v) is 4.41. The van der Waals surface area contributed by atoms with E-state index < -0.39 is 27.9 Å². The highest BCUT2D eigenvalue weighted by Crippen LogP contribution is 2.28. The summed E-state index contributed by atoms with van der Waals surface area (Å²) in [6, 6.07) is 4.46. The van der Waals surface area contributed by atoms with Crippen molar-refractivity contribution in [2.45, 2.75) is 12.5 Å². The molecule has 1 unspecified atom stereocenters. The fraction of sp³-hybridized carbons (Fsp3) is 0.500. The van der Waals surface area contributed by atoms with Gasteiger partial charge in [-0.2, -0.15) is 0 Å². The third-order valence-corrected chi connectivity index (χ3v) is 6.22. The van der Waals surface area contributed by atoms with Crippen LogP contribution in [0.15, 0.2) is 23.2 Å². The van der Waals surface area contributed by atoms with Crippen LogP contribution in [0.25, 0.3) is 0 Å². The van der Waals surface area contributed by atoms with Gasteiger partial charge in [0, 0.05) is 13.1 Å². The smallest absolute Gasteiger partial charge is 0.414 e. The van der Waals surface area contributed by atoms with Crippen LogP contribution in [0.5, 0.6) is 0 Å². The Hall–Kier alpha value is -2.03. The van der Waals surface area contributed by atoms with Gasteiger partial charge in [0.2, 0.25) is 0 Å². The van der Waals surface area contributed by atoms with Crippen molar-refractivity contribution in [3.8, 4) is 0 Å². The summed E-state index contributed by atoms with van der Waals surface area (Å²) >= 11 is 4.49. The SMILES string of the molecule is O=C1OC(CN=C=S)CN1c1ccc(N2CCCS(=O)(=O)CC2)c(F)c1. The average molecular weight is 399 g/mol. The molecule has 1 atom stereocenters. The van der Waals surface area contributed by atoms with E-state index in [1.807, 2.05) is 0 Å². The predicted molar refractivity (Wildman–Crippen MR) is 99.4 cm³/mol. The number of thiocarbonyl (C=S) groups is 1. The number of nitrogens with zero attached hydrogens (tertiary/aromatic N) is 3. The molecule has 0 aromatic heterocycles. The number of benzene rings is 1. The second-order valence-corrected chi connectivity index (χ2v) is 8.66. The Bertz CT molecular complexity index is 855. The summed E-state index contributed by atoms with van der Waals surface area (Å²) < 4.78 is 43.2. The molecule has 2 aliphatic rings. The lowest BCUT2D eigenvalue weighted by molar-refractivity contribution is 0.145. The quantitative estimate of drug-likeness (QED) is 0.568. The molecule has 0 bridgehead atoms. The highest BCUT2D eigenvalue weighted by Gasteiger charge is 2.32. The van der Waals surface area contributed by atoms with Gasteiger partial charge in [-0.25, -0.2) is 22.6 Å². The fourth-order valence-electron chi connectivity index (χ4n) is 3.07. The molecule has 2 heterocycles. The van der Waals surface area contributed by atoms with Crippen LogP contribution in [-0.4, -0.2) is 63.5 Å². The Kier molecular flexibility index (Phi) is 5.55. The van der Waals surface area contributed by atoms with Gasteiger partial charge in [0.05, 0.1) is 41.1 Å². The molecule has 2 saturated heterocycles. The molecule has 7 nitrogen and oxygen atoms in total. The lowest BCUT2D eigenvalue weighted by Gasteiger charge is -2.23. The Morgan fingerprint density at radius 3 is 2.88 bits per heavy atom. The van der Waals surface area contributed by atoms with Gasteiger partial charge in [-0.1, -0.05) is 0 Å². The summed E-state index contributed by atoms with van der Waals surface area (Å²) in [4.78, 5) is 18.8. The largest absolute Gasteiger partial charge is 0.442 e. The zero-order chi connectivity index (χ0) is 18.7. The molecule has 140 valence electrons. The van der Waals surface area contributed by atoms with E-state index in [0.29, 0.717) is 24.3 Å². The molecule has 0 N–H and O–H groups in total. The number of amides is 1. The summed E-state index contributed by atoms with van der Waals surface area (Å²) in [6.45, 7) is 1.19. The number of sulfone groups is 1. The Morgan fingerprint density at radius 1 is 1.35 bits per heavy atom. The van der Waals surface area contributed by atoms with E-state index in [4.69, 9.17) is 4.74 Å². The molecule has 0 saturated carbocycles. The molecule has 2 aliphatic heterocycles. The summed E-state index contributed by atoms with van der Waals surface area (Å²) in [5, 5.41) is 2.22. The molecule has 0 spiro atoms. The summed E-state index contributed by atoms with van der Waals surface area (Å²) in [5.74, 6) is -0.377. The van der Waals surface area contributed by atoms with E-state index in [9.17, 15) is 17.6 Å². The Balaban J connectivity index is 1.75. The van der Waals surface area contributed by atoms with Crippen LogP contribution >= 0.6 is 12.2 Å². The van der Waals surface area contributed by atoms with Crippen LogP contribution in [0.4, 0.5) is 20.6 Å². The highest BCUT2D eigenvalue weighted by molar-refractivity contribution is 7.91. The van der Waals surface area contributed by atoms with Crippen molar-refractivity contribution in [2.75, 3.05) is 47.5 Å². The number of carbonyl (C=O) groups is 1. The third kappa shape index (κ3) is 4.20. The summed E-state index contributed by atoms with van der Waals surface area (Å²) in [6.07, 6.45) is -0.552. The van der Waals surface area contributed by atoms with Crippen LogP contribution in [0, 0.1) is 5.82 Å². The van der Waals surface area contributed by atoms with Gasteiger partial charge in [0.25, 0.3) is 0 Å². The van der Waals surface area contributed by atoms with Gasteiger partial charge in [-0.15, -0.1) is 0 Å². The topological polar surface area (TPSA) is 79.3 Å². The van der Waals surface area contributed by atoms with Crippen LogP contribution < -0.4 is 9.80 Å². The lowest BCUT2D eigenvalue weighted by atomic mass is 10.2. The molecule has 10 heteroatoms. The molecule has 1 aromatic rings. The first-order chi connectivity index (χ1) is 12.4. The number of rotatable bonds is 4. The van der Waals surface area contributed by atoms with E-state index in [1.165, 1.54) is 11.0 Å². The summed E-state index contributed by atoms with van der Waals surface area (Å²) in [7, 11) is -3.07. The minimum Gasteiger partial charge on any atom is -0.442 e. The number of hydrogen-bond acceptors (Lipinski definition) is 7. The van der Waals surface area contributed by atoms with Crippen molar-refractivity contribution in [1.29, 1.82) is 0 Å². The predicted octanol–water partition coefficient (Wildman–Crippen LogP) is 1.88. The zero-order valence-corrected chi connectivity index (χ0v) is 15.6. The van der Waals surface area contributed by atoms with Crippen LogP contribution in [0.1, 0.15) is 6.42 Å². The number of ether oxygens (including phenoxy) is 1. The standard InChI is InChI=1S/C16H18FN3O4S2/c17-14-8-12(20-10-13(9-18-11-25)24-16(20)21)2-3-15(14)19-4-1-6-26(22,23)7-5-19/h2-3,8,13H,1,4-7,9-10H2. The average Bonchev–Trinajstić information content (AvgIpc) is 2.87. The normalized spacial score (nSPS) is 22.5. The highest BCUT2D eigenvalue weighted by atomic mass is 32.2. The molecule has 1 aromatic carbocycles. The lowest BCUT2D eigenvalue weighted by Crippen LogP contribution is -2.28. The Morgan fingerprint density at radius 2 is 2.15 bits per heavy atom. The first-order valence-corrected chi connectivity index (χ1v) is 10.4. The van der Waals surface area contributed by atoms with E-state index in [0.717, 1.165) is 0 Å². The van der Waals surface area contributed by atoms with E-state index >= 15 is 0 Å². The molecular weight excluding hydrogens is 381 g/mol. The van der Waals surface area contributed by atoms with Gasteiger partial charge in [-0.3, -0.25) is 4.90 Å². The van der Waals surface area contributed by atoms with Crippen molar-refractivity contribution in [3.05, 3.63) is 24.0 Å². The van der Waals surface area contributed by atoms with Gasteiger partial charge < -0.3 is 9.64 Å². The minimum absolute atomic E-state index is 0.00865. The van der Waals surface area contributed by atoms with Gasteiger partial charge in [0.15, 0.2) is 9.84 Å². The number of halogens is 1. The van der Waals surface area contributed by atoms with E-state index in [2.05, 4.69) is 22.4 Å². The van der Waals surface area contributed by atoms with Crippen LogP contribution in [-0.2, 0) is 14.6 Å². The number of hydrogen-bond donors (Lipinski definition) is 0. The van der Waals surface area contributed by atoms with Crippen molar-refractivity contribution >= 4 is 44.7 Å². The van der Waals surface area contributed by atoms with E-state index in [-0.39, 0.29) is 31.1 Å². The number of aliphatic imine (C=N–C) groups is 1. The molecule has 0 radical (unpaired) electrons. The summed E-state index contributed by atoms with van der Waals surface area (Å²) in [5.41, 5.74) is 0.716. The maximum Gasteiger partial charge on any atom is 0.414 e. The van der Waals surface area contributed by atoms with Crippen molar-refractivity contribution in [2.24, 2.45) is 4.99 Å². The van der Waals surface area contributed by atoms with Gasteiger partial charge in [-0.05, 0) is 36.8 Å².